The number of ether oxygens (including phenoxy) is 2. The van der Waals surface area contributed by atoms with Gasteiger partial charge in [0.15, 0.2) is 5.75 Å². The summed E-state index contributed by atoms with van der Waals surface area (Å²) in [4.78, 5) is 24.1. The van der Waals surface area contributed by atoms with Crippen LogP contribution in [0.4, 0.5) is 0 Å². The molecule has 2 aliphatic rings. The average Bonchev–Trinajstić information content (AvgIpc) is 3.11. The van der Waals surface area contributed by atoms with E-state index in [0.29, 0.717) is 41.7 Å². The fourth-order valence-electron chi connectivity index (χ4n) is 4.27. The number of ketones is 1. The average molecular weight is 399 g/mol. The Morgan fingerprint density at radius 3 is 2.42 bits per heavy atom. The molecule has 1 saturated heterocycles. The van der Waals surface area contributed by atoms with Crippen molar-refractivity contribution in [2.45, 2.75) is 63.9 Å². The normalized spacial score (nSPS) is 24.0. The molecule has 0 N–H and O–H groups in total. The molecule has 3 rings (SSSR count). The number of halogens is 2. The van der Waals surface area contributed by atoms with Crippen LogP contribution >= 0.6 is 23.2 Å². The Bertz CT molecular complexity index is 656. The maximum atomic E-state index is 12.1. The third-order valence-corrected chi connectivity index (χ3v) is 6.00. The molecule has 1 unspecified atom stereocenters. The van der Waals surface area contributed by atoms with Gasteiger partial charge in [0.25, 0.3) is 0 Å². The molecule has 1 aliphatic carbocycles. The zero-order valence-corrected chi connectivity index (χ0v) is 16.5. The highest BCUT2D eigenvalue weighted by molar-refractivity contribution is 6.37. The summed E-state index contributed by atoms with van der Waals surface area (Å²) in [7, 11) is 0. The predicted molar refractivity (Wildman–Crippen MR) is 101 cm³/mol. The summed E-state index contributed by atoms with van der Waals surface area (Å²) in [6.45, 7) is 2.36. The van der Waals surface area contributed by atoms with Gasteiger partial charge in [0.2, 0.25) is 0 Å². The molecular formula is C20H24Cl2O4. The van der Waals surface area contributed by atoms with E-state index in [4.69, 9.17) is 32.7 Å². The Morgan fingerprint density at radius 1 is 1.19 bits per heavy atom. The lowest BCUT2D eigenvalue weighted by atomic mass is 9.76. The summed E-state index contributed by atoms with van der Waals surface area (Å²) < 4.78 is 11.3. The smallest absolute Gasteiger partial charge is 0.313 e. The molecule has 1 aromatic rings. The Hall–Kier alpha value is -1.26. The van der Waals surface area contributed by atoms with E-state index in [1.54, 1.807) is 0 Å². The summed E-state index contributed by atoms with van der Waals surface area (Å²) in [6.07, 6.45) is 5.73. The number of rotatable bonds is 6. The summed E-state index contributed by atoms with van der Waals surface area (Å²) in [5.41, 5.74) is 0.274. The summed E-state index contributed by atoms with van der Waals surface area (Å²) >= 11 is 12.6. The van der Waals surface area contributed by atoms with E-state index < -0.39 is 11.6 Å². The van der Waals surface area contributed by atoms with Gasteiger partial charge in [0.1, 0.15) is 17.8 Å². The number of hydrogen-bond donors (Lipinski definition) is 0. The lowest BCUT2D eigenvalue weighted by molar-refractivity contribution is -0.178. The van der Waals surface area contributed by atoms with Crippen molar-refractivity contribution >= 4 is 35.0 Å². The van der Waals surface area contributed by atoms with Crippen molar-refractivity contribution in [2.75, 3.05) is 6.61 Å². The van der Waals surface area contributed by atoms with E-state index in [2.05, 4.69) is 0 Å². The molecule has 1 aliphatic heterocycles. The topological polar surface area (TPSA) is 52.6 Å². The number of esters is 1. The van der Waals surface area contributed by atoms with E-state index in [9.17, 15) is 9.59 Å². The summed E-state index contributed by atoms with van der Waals surface area (Å²) in [5, 5.41) is 0.946. The van der Waals surface area contributed by atoms with Crippen molar-refractivity contribution < 1.29 is 19.1 Å². The van der Waals surface area contributed by atoms with Gasteiger partial charge < -0.3 is 9.47 Å². The van der Waals surface area contributed by atoms with Gasteiger partial charge in [-0.1, -0.05) is 36.0 Å². The first-order chi connectivity index (χ1) is 12.4. The molecule has 1 heterocycles. The fourth-order valence-corrected chi connectivity index (χ4v) is 4.92. The monoisotopic (exact) mass is 398 g/mol. The number of hydrogen-bond acceptors (Lipinski definition) is 4. The van der Waals surface area contributed by atoms with Gasteiger partial charge in [-0.25, -0.2) is 0 Å². The molecule has 0 bridgehead atoms. The van der Waals surface area contributed by atoms with Gasteiger partial charge in [-0.3, -0.25) is 9.59 Å². The van der Waals surface area contributed by atoms with Crippen molar-refractivity contribution in [3.8, 4) is 5.75 Å². The molecule has 1 aromatic carbocycles. The fraction of sp³-hybridized carbons (Fsp3) is 0.600. The van der Waals surface area contributed by atoms with Crippen LogP contribution in [0.2, 0.25) is 10.0 Å². The first-order valence-corrected chi connectivity index (χ1v) is 10.0. The van der Waals surface area contributed by atoms with Crippen LogP contribution in [0.15, 0.2) is 12.1 Å². The Morgan fingerprint density at radius 2 is 1.85 bits per heavy atom. The van der Waals surface area contributed by atoms with Gasteiger partial charge in [-0.15, -0.1) is 0 Å². The molecule has 2 fully saturated rings. The largest absolute Gasteiger partial charge is 0.491 e. The van der Waals surface area contributed by atoms with Crippen LogP contribution in [0.1, 0.15) is 57.4 Å². The molecule has 1 saturated carbocycles. The van der Waals surface area contributed by atoms with Crippen molar-refractivity contribution in [3.05, 3.63) is 27.7 Å². The summed E-state index contributed by atoms with van der Waals surface area (Å²) in [6, 6.07) is 3.68. The van der Waals surface area contributed by atoms with Crippen LogP contribution in [0, 0.1) is 5.92 Å². The molecule has 6 heteroatoms. The first kappa shape index (κ1) is 19.5. The van der Waals surface area contributed by atoms with E-state index in [-0.39, 0.29) is 18.1 Å². The first-order valence-electron chi connectivity index (χ1n) is 9.28. The van der Waals surface area contributed by atoms with E-state index in [0.717, 1.165) is 31.2 Å². The minimum absolute atomic E-state index is 0.0177. The second kappa shape index (κ2) is 8.18. The minimum Gasteiger partial charge on any atom is -0.491 e. The van der Waals surface area contributed by atoms with Crippen molar-refractivity contribution in [3.63, 3.8) is 0 Å². The lowest BCUT2D eigenvalue weighted by Crippen LogP contribution is -2.48. The Labute approximate surface area is 164 Å². The predicted octanol–water partition coefficient (Wildman–Crippen LogP) is 5.16. The number of carbonyl (C=O) groups excluding carboxylic acids is 2. The molecule has 4 nitrogen and oxygen atoms in total. The van der Waals surface area contributed by atoms with Crippen molar-refractivity contribution in [1.82, 2.24) is 0 Å². The molecule has 0 amide bonds. The second-order valence-corrected chi connectivity index (χ2v) is 8.05. The van der Waals surface area contributed by atoms with Gasteiger partial charge in [-0.05, 0) is 56.2 Å². The molecule has 0 radical (unpaired) electrons. The Kier molecular flexibility index (Phi) is 6.13. The van der Waals surface area contributed by atoms with Crippen LogP contribution in [0.5, 0.6) is 5.75 Å². The van der Waals surface area contributed by atoms with Crippen LogP contribution in [-0.2, 0) is 20.7 Å². The van der Waals surface area contributed by atoms with Gasteiger partial charge >= 0.3 is 5.97 Å². The quantitative estimate of drug-likeness (QED) is 0.490. The highest BCUT2D eigenvalue weighted by atomic mass is 35.5. The zero-order valence-electron chi connectivity index (χ0n) is 15.0. The standard InChI is InChI=1S/C20H24Cl2O4/c1-2-25-19-16(21)9-13(10-17(19)22)7-8-20(14-5-3-4-6-14)12-15(23)11-18(24)26-20/h9-10,14H,2-8,11-12H2,1H3. The number of Topliss-reactive ketones (excluding diaryl/α,β-unsaturated/α-hetero) is 1. The van der Waals surface area contributed by atoms with Crippen LogP contribution in [0.3, 0.4) is 0 Å². The van der Waals surface area contributed by atoms with Crippen molar-refractivity contribution in [2.24, 2.45) is 5.92 Å². The minimum atomic E-state index is -0.680. The van der Waals surface area contributed by atoms with Crippen molar-refractivity contribution in [1.29, 1.82) is 0 Å². The molecule has 26 heavy (non-hydrogen) atoms. The second-order valence-electron chi connectivity index (χ2n) is 7.23. The third kappa shape index (κ3) is 4.17. The molecule has 0 spiro atoms. The highest BCUT2D eigenvalue weighted by Gasteiger charge is 2.47. The Balaban J connectivity index is 1.80. The lowest BCUT2D eigenvalue weighted by Gasteiger charge is -2.41. The number of aryl methyl sites for hydroxylation is 1. The van der Waals surface area contributed by atoms with E-state index in [1.807, 2.05) is 19.1 Å². The third-order valence-electron chi connectivity index (χ3n) is 5.44. The van der Waals surface area contributed by atoms with Crippen LogP contribution in [0.25, 0.3) is 0 Å². The molecule has 142 valence electrons. The maximum absolute atomic E-state index is 12.1. The van der Waals surface area contributed by atoms with Gasteiger partial charge in [-0.2, -0.15) is 0 Å². The van der Waals surface area contributed by atoms with Gasteiger partial charge in [0, 0.05) is 6.42 Å². The SMILES string of the molecule is CCOc1c(Cl)cc(CCC2(C3CCCC3)CC(=O)CC(=O)O2)cc1Cl. The van der Waals surface area contributed by atoms with Gasteiger partial charge in [0.05, 0.1) is 16.7 Å². The molecular weight excluding hydrogens is 375 g/mol. The van der Waals surface area contributed by atoms with Crippen LogP contribution < -0.4 is 4.74 Å². The number of carbonyl (C=O) groups is 2. The molecule has 0 aromatic heterocycles. The van der Waals surface area contributed by atoms with Crippen LogP contribution in [-0.4, -0.2) is 24.0 Å². The van der Waals surface area contributed by atoms with E-state index >= 15 is 0 Å². The number of cyclic esters (lactones) is 1. The molecule has 1 atom stereocenters. The highest BCUT2D eigenvalue weighted by Crippen LogP contribution is 2.44. The maximum Gasteiger partial charge on any atom is 0.313 e. The number of benzene rings is 1. The van der Waals surface area contributed by atoms with E-state index in [1.165, 1.54) is 0 Å². The summed E-state index contributed by atoms with van der Waals surface area (Å²) in [5.74, 6) is 0.334. The zero-order chi connectivity index (χ0) is 18.7.